The molecule has 1 aromatic carbocycles. The number of halogens is 1. The van der Waals surface area contributed by atoms with Gasteiger partial charge in [-0.05, 0) is 17.7 Å². The van der Waals surface area contributed by atoms with Gasteiger partial charge in [0.2, 0.25) is 11.8 Å². The Bertz CT molecular complexity index is 537. The molecule has 0 spiro atoms. The average molecular weight is 249 g/mol. The third kappa shape index (κ3) is 3.38. The molecular formula is C12H12FN3O2. The van der Waals surface area contributed by atoms with Crippen LogP contribution in [-0.2, 0) is 17.8 Å². The number of carbonyl (C=O) groups is 1. The van der Waals surface area contributed by atoms with Crippen molar-refractivity contribution in [2.75, 3.05) is 0 Å². The van der Waals surface area contributed by atoms with Gasteiger partial charge in [0.15, 0.2) is 5.82 Å². The molecule has 0 fully saturated rings. The average Bonchev–Trinajstić information content (AvgIpc) is 2.74. The lowest BCUT2D eigenvalue weighted by Gasteiger charge is -2.03. The van der Waals surface area contributed by atoms with Crippen LogP contribution in [-0.4, -0.2) is 16.0 Å². The molecule has 18 heavy (non-hydrogen) atoms. The minimum Gasteiger partial charge on any atom is -0.352 e. The first-order valence-corrected chi connectivity index (χ1v) is 5.44. The smallest absolute Gasteiger partial charge is 0.228 e. The molecule has 1 heterocycles. The SMILES string of the molecule is Cc1nc(CC(=O)NCc2ccc(F)cc2)no1. The number of nitrogens with one attached hydrogen (secondary N) is 1. The largest absolute Gasteiger partial charge is 0.352 e. The van der Waals surface area contributed by atoms with Crippen LogP contribution in [0.3, 0.4) is 0 Å². The molecule has 2 aromatic rings. The molecule has 0 aliphatic heterocycles. The summed E-state index contributed by atoms with van der Waals surface area (Å²) in [7, 11) is 0. The van der Waals surface area contributed by atoms with Crippen LogP contribution in [0.4, 0.5) is 4.39 Å². The Balaban J connectivity index is 1.83. The van der Waals surface area contributed by atoms with Gasteiger partial charge in [0.05, 0.1) is 6.42 Å². The highest BCUT2D eigenvalue weighted by Gasteiger charge is 2.08. The molecule has 0 saturated heterocycles. The summed E-state index contributed by atoms with van der Waals surface area (Å²) in [6, 6.07) is 5.94. The van der Waals surface area contributed by atoms with Gasteiger partial charge in [-0.1, -0.05) is 17.3 Å². The number of rotatable bonds is 4. The van der Waals surface area contributed by atoms with Gasteiger partial charge in [0.25, 0.3) is 0 Å². The first kappa shape index (κ1) is 12.2. The molecule has 1 amide bonds. The standard InChI is InChI=1S/C12H12FN3O2/c1-8-15-11(16-18-8)6-12(17)14-7-9-2-4-10(13)5-3-9/h2-5H,6-7H2,1H3,(H,14,17). The Morgan fingerprint density at radius 1 is 1.39 bits per heavy atom. The third-order valence-electron chi connectivity index (χ3n) is 2.29. The Kier molecular flexibility index (Phi) is 3.66. The van der Waals surface area contributed by atoms with Gasteiger partial charge in [0, 0.05) is 13.5 Å². The van der Waals surface area contributed by atoms with E-state index in [1.807, 2.05) is 0 Å². The van der Waals surface area contributed by atoms with Crippen molar-refractivity contribution in [3.05, 3.63) is 47.4 Å². The Labute approximate surface area is 103 Å². The van der Waals surface area contributed by atoms with Crippen molar-refractivity contribution < 1.29 is 13.7 Å². The van der Waals surface area contributed by atoms with Crippen molar-refractivity contribution in [2.24, 2.45) is 0 Å². The molecule has 1 aromatic heterocycles. The maximum Gasteiger partial charge on any atom is 0.228 e. The summed E-state index contributed by atoms with van der Waals surface area (Å²) in [4.78, 5) is 15.5. The maximum atomic E-state index is 12.7. The van der Waals surface area contributed by atoms with Crippen LogP contribution in [0, 0.1) is 12.7 Å². The first-order chi connectivity index (χ1) is 8.63. The number of aromatic nitrogens is 2. The van der Waals surface area contributed by atoms with E-state index in [2.05, 4.69) is 15.5 Å². The molecule has 0 unspecified atom stereocenters. The van der Waals surface area contributed by atoms with Crippen molar-refractivity contribution in [1.29, 1.82) is 0 Å². The van der Waals surface area contributed by atoms with Gasteiger partial charge in [0.1, 0.15) is 5.82 Å². The van der Waals surface area contributed by atoms with Gasteiger partial charge in [-0.25, -0.2) is 4.39 Å². The lowest BCUT2D eigenvalue weighted by molar-refractivity contribution is -0.120. The summed E-state index contributed by atoms with van der Waals surface area (Å²) in [5, 5.41) is 6.32. The number of aryl methyl sites for hydroxylation is 1. The molecule has 5 nitrogen and oxygen atoms in total. The van der Waals surface area contributed by atoms with E-state index in [1.165, 1.54) is 12.1 Å². The molecule has 94 valence electrons. The zero-order chi connectivity index (χ0) is 13.0. The van der Waals surface area contributed by atoms with Crippen molar-refractivity contribution in [1.82, 2.24) is 15.5 Å². The molecule has 0 atom stereocenters. The predicted octanol–water partition coefficient (Wildman–Crippen LogP) is 1.38. The van der Waals surface area contributed by atoms with Crippen molar-refractivity contribution in [3.63, 3.8) is 0 Å². The number of benzene rings is 1. The zero-order valence-electron chi connectivity index (χ0n) is 9.81. The fourth-order valence-corrected chi connectivity index (χ4v) is 1.42. The van der Waals surface area contributed by atoms with Crippen LogP contribution >= 0.6 is 0 Å². The summed E-state index contributed by atoms with van der Waals surface area (Å²) in [5.41, 5.74) is 0.828. The second kappa shape index (κ2) is 5.39. The van der Waals surface area contributed by atoms with Crippen molar-refractivity contribution in [3.8, 4) is 0 Å². The Morgan fingerprint density at radius 2 is 2.11 bits per heavy atom. The van der Waals surface area contributed by atoms with E-state index >= 15 is 0 Å². The number of hydrogen-bond acceptors (Lipinski definition) is 4. The Hall–Kier alpha value is -2.24. The lowest BCUT2D eigenvalue weighted by atomic mass is 10.2. The molecule has 0 aliphatic rings. The molecule has 0 aliphatic carbocycles. The number of amides is 1. The molecule has 0 radical (unpaired) electrons. The molecular weight excluding hydrogens is 237 g/mol. The molecule has 0 saturated carbocycles. The first-order valence-electron chi connectivity index (χ1n) is 5.44. The zero-order valence-corrected chi connectivity index (χ0v) is 9.81. The van der Waals surface area contributed by atoms with Gasteiger partial charge in [-0.3, -0.25) is 4.79 Å². The van der Waals surface area contributed by atoms with Gasteiger partial charge < -0.3 is 9.84 Å². The number of carbonyl (C=O) groups excluding carboxylic acids is 1. The normalized spacial score (nSPS) is 10.3. The molecule has 2 rings (SSSR count). The second-order valence-corrected chi connectivity index (χ2v) is 3.81. The minimum atomic E-state index is -0.299. The highest BCUT2D eigenvalue weighted by atomic mass is 19.1. The third-order valence-corrected chi connectivity index (χ3v) is 2.29. The van der Waals surface area contributed by atoms with Crippen LogP contribution in [0.5, 0.6) is 0 Å². The summed E-state index contributed by atoms with van der Waals surface area (Å²) in [5.74, 6) is 0.271. The minimum absolute atomic E-state index is 0.0680. The highest BCUT2D eigenvalue weighted by Crippen LogP contribution is 2.02. The van der Waals surface area contributed by atoms with E-state index in [9.17, 15) is 9.18 Å². The van der Waals surface area contributed by atoms with Crippen molar-refractivity contribution in [2.45, 2.75) is 19.9 Å². The fraction of sp³-hybridized carbons (Fsp3) is 0.250. The van der Waals surface area contributed by atoms with Crippen LogP contribution in [0.2, 0.25) is 0 Å². The van der Waals surface area contributed by atoms with E-state index in [1.54, 1.807) is 19.1 Å². The molecule has 1 N–H and O–H groups in total. The summed E-state index contributed by atoms with van der Waals surface area (Å²) in [6.45, 7) is 2.00. The summed E-state index contributed by atoms with van der Waals surface area (Å²) < 4.78 is 17.4. The summed E-state index contributed by atoms with van der Waals surface area (Å²) >= 11 is 0. The van der Waals surface area contributed by atoms with Gasteiger partial charge >= 0.3 is 0 Å². The lowest BCUT2D eigenvalue weighted by Crippen LogP contribution is -2.25. The Morgan fingerprint density at radius 3 is 2.72 bits per heavy atom. The van der Waals surface area contributed by atoms with Gasteiger partial charge in [-0.15, -0.1) is 0 Å². The van der Waals surface area contributed by atoms with E-state index in [-0.39, 0.29) is 18.1 Å². The van der Waals surface area contributed by atoms with E-state index in [0.717, 1.165) is 5.56 Å². The number of nitrogens with zero attached hydrogens (tertiary/aromatic N) is 2. The number of hydrogen-bond donors (Lipinski definition) is 1. The molecule has 0 bridgehead atoms. The quantitative estimate of drug-likeness (QED) is 0.888. The fourth-order valence-electron chi connectivity index (χ4n) is 1.42. The highest BCUT2D eigenvalue weighted by molar-refractivity contribution is 5.77. The maximum absolute atomic E-state index is 12.7. The van der Waals surface area contributed by atoms with Crippen LogP contribution < -0.4 is 5.32 Å². The van der Waals surface area contributed by atoms with E-state index < -0.39 is 0 Å². The van der Waals surface area contributed by atoms with Gasteiger partial charge in [-0.2, -0.15) is 4.98 Å². The monoisotopic (exact) mass is 249 g/mol. The van der Waals surface area contributed by atoms with Crippen LogP contribution in [0.1, 0.15) is 17.3 Å². The van der Waals surface area contributed by atoms with E-state index in [0.29, 0.717) is 18.3 Å². The van der Waals surface area contributed by atoms with Crippen molar-refractivity contribution >= 4 is 5.91 Å². The summed E-state index contributed by atoms with van der Waals surface area (Å²) in [6.07, 6.45) is 0.0680. The van der Waals surface area contributed by atoms with E-state index in [4.69, 9.17) is 4.52 Å². The predicted molar refractivity (Wildman–Crippen MR) is 61.0 cm³/mol. The van der Waals surface area contributed by atoms with Crippen LogP contribution in [0.15, 0.2) is 28.8 Å². The topological polar surface area (TPSA) is 68.0 Å². The second-order valence-electron chi connectivity index (χ2n) is 3.81. The van der Waals surface area contributed by atoms with Crippen LogP contribution in [0.25, 0.3) is 0 Å². The molecule has 6 heteroatoms.